The van der Waals surface area contributed by atoms with Gasteiger partial charge in [-0.3, -0.25) is 4.79 Å². The molecule has 0 radical (unpaired) electrons. The number of aromatic nitrogens is 1. The average molecular weight is 352 g/mol. The Morgan fingerprint density at radius 2 is 1.77 bits per heavy atom. The van der Waals surface area contributed by atoms with Crippen molar-refractivity contribution in [3.63, 3.8) is 0 Å². The van der Waals surface area contributed by atoms with Crippen molar-refractivity contribution in [1.29, 1.82) is 0 Å². The summed E-state index contributed by atoms with van der Waals surface area (Å²) in [6, 6.07) is 16.2. The number of hydrogen-bond acceptors (Lipinski definition) is 4. The molecule has 26 heavy (non-hydrogen) atoms. The van der Waals surface area contributed by atoms with Crippen molar-refractivity contribution in [3.8, 4) is 5.88 Å². The number of carbonyl (C=O) groups excluding carboxylic acids is 1. The van der Waals surface area contributed by atoms with Crippen molar-refractivity contribution >= 4 is 5.91 Å². The smallest absolute Gasteiger partial charge is 0.249 e. The molecule has 0 spiro atoms. The van der Waals surface area contributed by atoms with Crippen molar-refractivity contribution in [3.05, 3.63) is 60.3 Å². The van der Waals surface area contributed by atoms with Gasteiger partial charge in [-0.1, -0.05) is 36.4 Å². The minimum absolute atomic E-state index is 0.102. The van der Waals surface area contributed by atoms with Gasteiger partial charge in [-0.25, -0.2) is 4.98 Å². The molecule has 5 heteroatoms. The van der Waals surface area contributed by atoms with Crippen LogP contribution in [0.5, 0.6) is 5.88 Å². The molecule has 2 atom stereocenters. The molecule has 5 nitrogen and oxygen atoms in total. The van der Waals surface area contributed by atoms with Crippen LogP contribution in [0.1, 0.15) is 31.2 Å². The van der Waals surface area contributed by atoms with Gasteiger partial charge in [0, 0.05) is 37.2 Å². The third kappa shape index (κ3) is 3.88. The Morgan fingerprint density at radius 3 is 2.46 bits per heavy atom. The first-order chi connectivity index (χ1) is 12.8. The van der Waals surface area contributed by atoms with Gasteiger partial charge in [0.15, 0.2) is 0 Å². The molecular formula is C21H24N2O3. The van der Waals surface area contributed by atoms with E-state index in [0.29, 0.717) is 12.5 Å². The lowest BCUT2D eigenvalue weighted by Crippen LogP contribution is -2.50. The first-order valence-corrected chi connectivity index (χ1v) is 9.30. The van der Waals surface area contributed by atoms with E-state index in [1.807, 2.05) is 53.4 Å². The van der Waals surface area contributed by atoms with E-state index in [4.69, 9.17) is 9.47 Å². The van der Waals surface area contributed by atoms with Gasteiger partial charge >= 0.3 is 0 Å². The first kappa shape index (κ1) is 17.0. The molecule has 1 aromatic carbocycles. The molecule has 2 bridgehead atoms. The van der Waals surface area contributed by atoms with Gasteiger partial charge in [-0.05, 0) is 24.5 Å². The predicted molar refractivity (Wildman–Crippen MR) is 97.6 cm³/mol. The Kier molecular flexibility index (Phi) is 5.16. The van der Waals surface area contributed by atoms with Crippen LogP contribution in [0.25, 0.3) is 0 Å². The Bertz CT molecular complexity index is 709. The summed E-state index contributed by atoms with van der Waals surface area (Å²) in [6.45, 7) is 0.620. The normalized spacial score (nSPS) is 24.5. The van der Waals surface area contributed by atoms with E-state index in [9.17, 15) is 4.79 Å². The molecular weight excluding hydrogens is 328 g/mol. The molecule has 2 aliphatic heterocycles. The fourth-order valence-electron chi connectivity index (χ4n) is 4.12. The molecule has 1 aromatic heterocycles. The predicted octanol–water partition coefficient (Wildman–Crippen LogP) is 3.20. The number of nitrogens with zero attached hydrogens (tertiary/aromatic N) is 2. The van der Waals surface area contributed by atoms with E-state index in [1.54, 1.807) is 6.20 Å². The largest absolute Gasteiger partial charge is 0.474 e. The van der Waals surface area contributed by atoms with Gasteiger partial charge in [-0.15, -0.1) is 0 Å². The second-order valence-electron chi connectivity index (χ2n) is 7.04. The third-order valence-electron chi connectivity index (χ3n) is 5.24. The fourth-order valence-corrected chi connectivity index (χ4v) is 4.12. The van der Waals surface area contributed by atoms with E-state index in [2.05, 4.69) is 4.98 Å². The van der Waals surface area contributed by atoms with Crippen LogP contribution in [-0.4, -0.2) is 40.6 Å². The number of hydrogen-bond donors (Lipinski definition) is 0. The molecule has 2 fully saturated rings. The fraction of sp³-hybridized carbons (Fsp3) is 0.429. The van der Waals surface area contributed by atoms with Gasteiger partial charge in [0.25, 0.3) is 0 Å². The SMILES string of the molecule is O=C(COCc1ccccc1)N1C2CCC1CC(Oc1ccccn1)C2. The van der Waals surface area contributed by atoms with Gasteiger partial charge in [0.1, 0.15) is 12.7 Å². The zero-order valence-electron chi connectivity index (χ0n) is 14.8. The van der Waals surface area contributed by atoms with E-state index in [-0.39, 0.29) is 30.7 Å². The zero-order valence-corrected chi connectivity index (χ0v) is 14.8. The maximum Gasteiger partial charge on any atom is 0.249 e. The van der Waals surface area contributed by atoms with Crippen LogP contribution in [0, 0.1) is 0 Å². The van der Waals surface area contributed by atoms with Crippen LogP contribution < -0.4 is 4.74 Å². The molecule has 0 N–H and O–H groups in total. The van der Waals surface area contributed by atoms with Gasteiger partial charge in [-0.2, -0.15) is 0 Å². The quantitative estimate of drug-likeness (QED) is 0.801. The third-order valence-corrected chi connectivity index (χ3v) is 5.24. The van der Waals surface area contributed by atoms with Crippen molar-refractivity contribution in [2.45, 2.75) is 50.5 Å². The van der Waals surface area contributed by atoms with Crippen LogP contribution in [0.4, 0.5) is 0 Å². The van der Waals surface area contributed by atoms with Crippen molar-refractivity contribution < 1.29 is 14.3 Å². The summed E-state index contributed by atoms with van der Waals surface area (Å²) in [5.41, 5.74) is 1.09. The number of rotatable bonds is 6. The Labute approximate surface area is 153 Å². The highest BCUT2D eigenvalue weighted by atomic mass is 16.5. The number of pyridine rings is 1. The topological polar surface area (TPSA) is 51.7 Å². The standard InChI is InChI=1S/C21H24N2O3/c24-21(15-25-14-16-6-2-1-3-7-16)23-17-9-10-18(23)13-19(12-17)26-20-8-4-5-11-22-20/h1-8,11,17-19H,9-10,12-15H2. The number of carbonyl (C=O) groups is 1. The van der Waals surface area contributed by atoms with Gasteiger partial charge < -0.3 is 14.4 Å². The first-order valence-electron chi connectivity index (χ1n) is 9.30. The van der Waals surface area contributed by atoms with Crippen molar-refractivity contribution in [2.24, 2.45) is 0 Å². The van der Waals surface area contributed by atoms with Crippen molar-refractivity contribution in [2.75, 3.05) is 6.61 Å². The lowest BCUT2D eigenvalue weighted by molar-refractivity contribution is -0.142. The van der Waals surface area contributed by atoms with Crippen LogP contribution in [0.15, 0.2) is 54.7 Å². The Balaban J connectivity index is 1.29. The monoisotopic (exact) mass is 352 g/mol. The Morgan fingerprint density at radius 1 is 1.04 bits per heavy atom. The number of benzene rings is 1. The van der Waals surface area contributed by atoms with Crippen LogP contribution >= 0.6 is 0 Å². The van der Waals surface area contributed by atoms with E-state index in [1.165, 1.54) is 0 Å². The van der Waals surface area contributed by atoms with E-state index in [0.717, 1.165) is 31.2 Å². The molecule has 0 aliphatic carbocycles. The van der Waals surface area contributed by atoms with Gasteiger partial charge in [0.2, 0.25) is 11.8 Å². The average Bonchev–Trinajstić information content (AvgIpc) is 2.94. The van der Waals surface area contributed by atoms with Crippen LogP contribution in [0.2, 0.25) is 0 Å². The molecule has 2 aliphatic rings. The number of fused-ring (bicyclic) bond motifs is 2. The highest BCUT2D eigenvalue weighted by Crippen LogP contribution is 2.37. The van der Waals surface area contributed by atoms with Crippen LogP contribution in [0.3, 0.4) is 0 Å². The summed E-state index contributed by atoms with van der Waals surface area (Å²) in [6.07, 6.45) is 5.73. The number of amides is 1. The second-order valence-corrected chi connectivity index (χ2v) is 7.04. The highest BCUT2D eigenvalue weighted by molar-refractivity contribution is 5.78. The van der Waals surface area contributed by atoms with E-state index >= 15 is 0 Å². The lowest BCUT2D eigenvalue weighted by Gasteiger charge is -2.38. The van der Waals surface area contributed by atoms with Gasteiger partial charge in [0.05, 0.1) is 6.61 Å². The maximum atomic E-state index is 12.7. The molecule has 0 saturated carbocycles. The maximum absolute atomic E-state index is 12.7. The lowest BCUT2D eigenvalue weighted by atomic mass is 9.99. The Hall–Kier alpha value is -2.40. The summed E-state index contributed by atoms with van der Waals surface area (Å²) < 4.78 is 11.7. The minimum Gasteiger partial charge on any atom is -0.474 e. The van der Waals surface area contributed by atoms with E-state index < -0.39 is 0 Å². The summed E-state index contributed by atoms with van der Waals surface area (Å²) in [5.74, 6) is 0.771. The van der Waals surface area contributed by atoms with Crippen LogP contribution in [-0.2, 0) is 16.1 Å². The molecule has 2 unspecified atom stereocenters. The second kappa shape index (κ2) is 7.87. The summed E-state index contributed by atoms with van der Waals surface area (Å²) in [5, 5.41) is 0. The molecule has 2 saturated heterocycles. The molecule has 4 rings (SSSR count). The highest BCUT2D eigenvalue weighted by Gasteiger charge is 2.43. The number of ether oxygens (including phenoxy) is 2. The molecule has 1 amide bonds. The summed E-state index contributed by atoms with van der Waals surface area (Å²) in [4.78, 5) is 19.0. The molecule has 3 heterocycles. The molecule has 136 valence electrons. The zero-order chi connectivity index (χ0) is 17.8. The molecule has 2 aromatic rings. The van der Waals surface area contributed by atoms with Crippen molar-refractivity contribution in [1.82, 2.24) is 9.88 Å². The summed E-state index contributed by atoms with van der Waals surface area (Å²) in [7, 11) is 0. The number of piperidine rings is 1. The minimum atomic E-state index is 0.102. The summed E-state index contributed by atoms with van der Waals surface area (Å²) >= 11 is 0.